The van der Waals surface area contributed by atoms with Crippen LogP contribution in [-0.4, -0.2) is 13.1 Å². The molecule has 1 N–H and O–H groups in total. The first-order valence-electron chi connectivity index (χ1n) is 6.30. The molecule has 1 aliphatic rings. The summed E-state index contributed by atoms with van der Waals surface area (Å²) in [6, 6.07) is 4.20. The van der Waals surface area contributed by atoms with Crippen LogP contribution in [0.15, 0.2) is 16.5 Å². The van der Waals surface area contributed by atoms with E-state index in [2.05, 4.69) is 38.2 Å². The van der Waals surface area contributed by atoms with Gasteiger partial charge in [-0.3, -0.25) is 0 Å². The minimum atomic E-state index is 0.290. The maximum atomic E-state index is 5.74. The molecule has 1 saturated carbocycles. The third kappa shape index (κ3) is 2.32. The second-order valence-corrected chi connectivity index (χ2v) is 5.78. The molecule has 0 saturated heterocycles. The van der Waals surface area contributed by atoms with Gasteiger partial charge >= 0.3 is 0 Å². The van der Waals surface area contributed by atoms with Gasteiger partial charge in [0.2, 0.25) is 0 Å². The van der Waals surface area contributed by atoms with E-state index in [1.54, 1.807) is 0 Å². The second kappa shape index (κ2) is 4.25. The topological polar surface area (TPSA) is 25.2 Å². The fraction of sp³-hybridized carbons (Fsp3) is 0.714. The van der Waals surface area contributed by atoms with Crippen molar-refractivity contribution < 1.29 is 4.42 Å². The van der Waals surface area contributed by atoms with Crippen LogP contribution in [-0.2, 0) is 5.41 Å². The van der Waals surface area contributed by atoms with E-state index in [9.17, 15) is 0 Å². The Labute approximate surface area is 98.4 Å². The Morgan fingerprint density at radius 2 is 2.25 bits per heavy atom. The minimum absolute atomic E-state index is 0.290. The van der Waals surface area contributed by atoms with Crippen molar-refractivity contribution in [1.82, 2.24) is 5.32 Å². The smallest absolute Gasteiger partial charge is 0.110 e. The van der Waals surface area contributed by atoms with Crippen molar-refractivity contribution >= 4 is 0 Å². The summed E-state index contributed by atoms with van der Waals surface area (Å²) in [6.45, 7) is 11.1. The van der Waals surface area contributed by atoms with Gasteiger partial charge in [0.25, 0.3) is 0 Å². The standard InChI is InChI=1S/C14H23NO/c1-10(2)8-15-9-12-7-14(12,4)13-6-5-11(3)16-13/h5-6,10,12,15H,7-9H2,1-4H3. The Balaban J connectivity index is 1.84. The largest absolute Gasteiger partial charge is 0.466 e. The van der Waals surface area contributed by atoms with Crippen LogP contribution in [0.2, 0.25) is 0 Å². The zero-order valence-electron chi connectivity index (χ0n) is 10.8. The number of rotatable bonds is 5. The summed E-state index contributed by atoms with van der Waals surface area (Å²) in [5.74, 6) is 3.67. The van der Waals surface area contributed by atoms with Gasteiger partial charge in [0.1, 0.15) is 11.5 Å². The average Bonchev–Trinajstić information content (AvgIpc) is 2.66. The van der Waals surface area contributed by atoms with Crippen molar-refractivity contribution in [1.29, 1.82) is 0 Å². The van der Waals surface area contributed by atoms with Gasteiger partial charge in [-0.25, -0.2) is 0 Å². The lowest BCUT2D eigenvalue weighted by molar-refractivity contribution is 0.422. The van der Waals surface area contributed by atoms with Gasteiger partial charge in [0.15, 0.2) is 0 Å². The van der Waals surface area contributed by atoms with Gasteiger partial charge in [-0.15, -0.1) is 0 Å². The zero-order valence-corrected chi connectivity index (χ0v) is 10.8. The molecule has 1 aliphatic carbocycles. The van der Waals surface area contributed by atoms with Crippen molar-refractivity contribution in [2.24, 2.45) is 11.8 Å². The molecule has 1 fully saturated rings. The minimum Gasteiger partial charge on any atom is -0.466 e. The average molecular weight is 221 g/mol. The number of aryl methyl sites for hydroxylation is 1. The highest BCUT2D eigenvalue weighted by atomic mass is 16.3. The van der Waals surface area contributed by atoms with Gasteiger partial charge in [-0.05, 0) is 50.4 Å². The molecule has 1 aromatic heterocycles. The zero-order chi connectivity index (χ0) is 11.8. The van der Waals surface area contributed by atoms with Crippen molar-refractivity contribution in [3.05, 3.63) is 23.7 Å². The predicted octanol–water partition coefficient (Wildman–Crippen LogP) is 3.11. The molecular weight excluding hydrogens is 198 g/mol. The van der Waals surface area contributed by atoms with Gasteiger partial charge in [0, 0.05) is 5.41 Å². The van der Waals surface area contributed by atoms with Gasteiger partial charge in [0.05, 0.1) is 0 Å². The van der Waals surface area contributed by atoms with Crippen molar-refractivity contribution in [2.75, 3.05) is 13.1 Å². The number of hydrogen-bond donors (Lipinski definition) is 1. The Kier molecular flexibility index (Phi) is 3.11. The highest BCUT2D eigenvalue weighted by Crippen LogP contribution is 2.53. The summed E-state index contributed by atoms with van der Waals surface area (Å²) in [7, 11) is 0. The molecule has 2 atom stereocenters. The lowest BCUT2D eigenvalue weighted by Gasteiger charge is -2.10. The SMILES string of the molecule is Cc1ccc(C2(C)CC2CNCC(C)C)o1. The maximum absolute atomic E-state index is 5.74. The van der Waals surface area contributed by atoms with Crippen LogP contribution in [0.4, 0.5) is 0 Å². The molecule has 0 aliphatic heterocycles. The van der Waals surface area contributed by atoms with Crippen molar-refractivity contribution in [3.63, 3.8) is 0 Å². The highest BCUT2D eigenvalue weighted by Gasteiger charge is 2.52. The fourth-order valence-electron chi connectivity index (χ4n) is 2.34. The Morgan fingerprint density at radius 3 is 2.81 bits per heavy atom. The van der Waals surface area contributed by atoms with E-state index in [1.807, 2.05) is 6.92 Å². The molecule has 0 bridgehead atoms. The highest BCUT2D eigenvalue weighted by molar-refractivity contribution is 5.25. The van der Waals surface area contributed by atoms with Crippen molar-refractivity contribution in [2.45, 2.75) is 39.5 Å². The van der Waals surface area contributed by atoms with Crippen molar-refractivity contribution in [3.8, 4) is 0 Å². The van der Waals surface area contributed by atoms with Crippen LogP contribution < -0.4 is 5.32 Å². The van der Waals surface area contributed by atoms with E-state index in [0.29, 0.717) is 0 Å². The lowest BCUT2D eigenvalue weighted by Crippen LogP contribution is -2.24. The second-order valence-electron chi connectivity index (χ2n) is 5.78. The summed E-state index contributed by atoms with van der Waals surface area (Å²) in [6.07, 6.45) is 1.26. The summed E-state index contributed by atoms with van der Waals surface area (Å²) >= 11 is 0. The molecule has 90 valence electrons. The quantitative estimate of drug-likeness (QED) is 0.826. The molecule has 1 aromatic rings. The number of nitrogens with one attached hydrogen (secondary N) is 1. The molecule has 2 unspecified atom stereocenters. The third-order valence-corrected chi connectivity index (χ3v) is 3.66. The van der Waals surface area contributed by atoms with Gasteiger partial charge in [-0.1, -0.05) is 20.8 Å². The molecule has 2 heteroatoms. The first kappa shape index (κ1) is 11.7. The monoisotopic (exact) mass is 221 g/mol. The van der Waals surface area contributed by atoms with E-state index in [1.165, 1.54) is 12.2 Å². The molecule has 2 rings (SSSR count). The third-order valence-electron chi connectivity index (χ3n) is 3.66. The van der Waals surface area contributed by atoms with Crippen LogP contribution in [0, 0.1) is 18.8 Å². The Bertz CT molecular complexity index is 355. The van der Waals surface area contributed by atoms with E-state index >= 15 is 0 Å². The molecule has 0 radical (unpaired) electrons. The summed E-state index contributed by atoms with van der Waals surface area (Å²) < 4.78 is 5.74. The van der Waals surface area contributed by atoms with Crippen LogP contribution in [0.3, 0.4) is 0 Å². The molecule has 0 aromatic carbocycles. The lowest BCUT2D eigenvalue weighted by atomic mass is 10.0. The maximum Gasteiger partial charge on any atom is 0.110 e. The van der Waals surface area contributed by atoms with Crippen LogP contribution >= 0.6 is 0 Å². The Morgan fingerprint density at radius 1 is 1.50 bits per heavy atom. The first-order valence-corrected chi connectivity index (χ1v) is 6.30. The summed E-state index contributed by atoms with van der Waals surface area (Å²) in [5, 5.41) is 3.54. The normalized spacial score (nSPS) is 28.7. The summed E-state index contributed by atoms with van der Waals surface area (Å²) in [5.41, 5.74) is 0.290. The van der Waals surface area contributed by atoms with E-state index in [4.69, 9.17) is 4.42 Å². The van der Waals surface area contributed by atoms with E-state index in [-0.39, 0.29) is 5.41 Å². The van der Waals surface area contributed by atoms with E-state index in [0.717, 1.165) is 30.7 Å². The van der Waals surface area contributed by atoms with Gasteiger partial charge < -0.3 is 9.73 Å². The van der Waals surface area contributed by atoms with Crippen LogP contribution in [0.25, 0.3) is 0 Å². The Hall–Kier alpha value is -0.760. The molecule has 16 heavy (non-hydrogen) atoms. The molecular formula is C14H23NO. The summed E-state index contributed by atoms with van der Waals surface area (Å²) in [4.78, 5) is 0. The molecule has 0 spiro atoms. The molecule has 0 amide bonds. The van der Waals surface area contributed by atoms with Crippen LogP contribution in [0.1, 0.15) is 38.7 Å². The van der Waals surface area contributed by atoms with Gasteiger partial charge in [-0.2, -0.15) is 0 Å². The molecule has 2 nitrogen and oxygen atoms in total. The van der Waals surface area contributed by atoms with E-state index < -0.39 is 0 Å². The molecule has 1 heterocycles. The first-order chi connectivity index (χ1) is 7.52. The van der Waals surface area contributed by atoms with Crippen LogP contribution in [0.5, 0.6) is 0 Å². The number of hydrogen-bond acceptors (Lipinski definition) is 2. The number of furan rings is 1. The predicted molar refractivity (Wildman–Crippen MR) is 66.6 cm³/mol. The fourth-order valence-corrected chi connectivity index (χ4v) is 2.34.